The summed E-state index contributed by atoms with van der Waals surface area (Å²) in [4.78, 5) is 40.1. The van der Waals surface area contributed by atoms with E-state index < -0.39 is 0 Å². The summed E-state index contributed by atoms with van der Waals surface area (Å²) >= 11 is 0. The smallest absolute Gasteiger partial charge is 0.164 e. The van der Waals surface area contributed by atoms with Crippen molar-refractivity contribution >= 4 is 43.4 Å². The van der Waals surface area contributed by atoms with E-state index in [1.165, 1.54) is 33.0 Å². The fraction of sp³-hybridized carbons (Fsp3) is 0. The highest BCUT2D eigenvalue weighted by Gasteiger charge is 2.22. The molecule has 8 nitrogen and oxygen atoms in total. The van der Waals surface area contributed by atoms with E-state index in [9.17, 15) is 0 Å². The van der Waals surface area contributed by atoms with Gasteiger partial charge in [0.15, 0.2) is 17.5 Å². The molecule has 0 saturated carbocycles. The lowest BCUT2D eigenvalue weighted by atomic mass is 9.90. The summed E-state index contributed by atoms with van der Waals surface area (Å²) in [5.74, 6) is 1.91. The van der Waals surface area contributed by atoms with E-state index in [0.29, 0.717) is 17.5 Å². The highest BCUT2D eigenvalue weighted by Crippen LogP contribution is 2.45. The molecule has 0 spiro atoms. The van der Waals surface area contributed by atoms with Gasteiger partial charge in [-0.05, 0) is 127 Å². The van der Waals surface area contributed by atoms with Gasteiger partial charge in [-0.15, -0.1) is 0 Å². The summed E-state index contributed by atoms with van der Waals surface area (Å²) in [7, 11) is 0. The molecule has 0 amide bonds. The van der Waals surface area contributed by atoms with Crippen LogP contribution >= 0.6 is 0 Å². The fourth-order valence-electron chi connectivity index (χ4n) is 15.3. The summed E-state index contributed by atoms with van der Waals surface area (Å²) in [6.07, 6.45) is 3.60. The molecule has 0 unspecified atom stereocenters. The van der Waals surface area contributed by atoms with Crippen molar-refractivity contribution in [3.8, 4) is 157 Å². The van der Waals surface area contributed by atoms with Crippen molar-refractivity contribution in [1.29, 1.82) is 0 Å². The molecule has 20 aromatic rings. The van der Waals surface area contributed by atoms with E-state index in [1.54, 1.807) is 12.4 Å². The van der Waals surface area contributed by atoms with Gasteiger partial charge >= 0.3 is 0 Å². The first kappa shape index (κ1) is 67.5. The number of hydrogen-bond donors (Lipinski definition) is 0. The molecule has 0 aliphatic carbocycles. The minimum absolute atomic E-state index is 0.628. The SMILES string of the molecule is c1ccc(-c2nc(-c3ccccc3)nc(-c3cccc(-c4cccc(-c5cccc6c5nc(-c5ccccc5)c5cccc(-c7ccccc7)c56)c4)c3)n2)cc1.c1ccc(-c2nc3c(-c4cccc(-c5cccc(-c6cc(-c7ccccn7)nc(-c7ccccn7)c6)c5)c4)cccc3c3c(-c4ccccc4)cccc23)cc1. The number of hydrogen-bond acceptors (Lipinski definition) is 8. The number of fused-ring (bicyclic) bond motifs is 6. The Kier molecular flexibility index (Phi) is 18.2. The van der Waals surface area contributed by atoms with Gasteiger partial charge in [0.05, 0.1) is 45.2 Å². The number of rotatable bonds is 14. The second-order valence-corrected chi connectivity index (χ2v) is 27.7. The molecule has 0 bridgehead atoms. The van der Waals surface area contributed by atoms with E-state index in [1.807, 2.05) is 97.1 Å². The van der Waals surface area contributed by atoms with Gasteiger partial charge in [-0.25, -0.2) is 29.9 Å². The van der Waals surface area contributed by atoms with E-state index in [2.05, 4.69) is 313 Å². The average molecular weight is 1430 g/mol. The van der Waals surface area contributed by atoms with Crippen molar-refractivity contribution in [2.45, 2.75) is 0 Å². The zero-order valence-electron chi connectivity index (χ0n) is 60.8. The van der Waals surface area contributed by atoms with Crippen LogP contribution in [0.15, 0.2) is 413 Å². The predicted molar refractivity (Wildman–Crippen MR) is 461 cm³/mol. The van der Waals surface area contributed by atoms with Crippen molar-refractivity contribution in [1.82, 2.24) is 39.9 Å². The van der Waals surface area contributed by atoms with Crippen LogP contribution in [0.3, 0.4) is 0 Å². The Morgan fingerprint density at radius 2 is 0.438 bits per heavy atom. The molecule has 20 rings (SSSR count). The molecule has 0 fully saturated rings. The van der Waals surface area contributed by atoms with Gasteiger partial charge in [0, 0.05) is 83.7 Å². The zero-order chi connectivity index (χ0) is 74.5. The topological polar surface area (TPSA) is 103 Å². The molecule has 524 valence electrons. The molecule has 112 heavy (non-hydrogen) atoms. The van der Waals surface area contributed by atoms with Crippen molar-refractivity contribution < 1.29 is 0 Å². The maximum Gasteiger partial charge on any atom is 0.164 e. The monoisotopic (exact) mass is 1430 g/mol. The third-order valence-corrected chi connectivity index (χ3v) is 20.7. The van der Waals surface area contributed by atoms with Gasteiger partial charge < -0.3 is 0 Å². The van der Waals surface area contributed by atoms with Crippen LogP contribution < -0.4 is 0 Å². The molecular formula is C104H68N8. The van der Waals surface area contributed by atoms with E-state index in [-0.39, 0.29) is 0 Å². The highest BCUT2D eigenvalue weighted by atomic mass is 15.0. The van der Waals surface area contributed by atoms with Crippen LogP contribution in [0.4, 0.5) is 0 Å². The molecule has 14 aromatic carbocycles. The Balaban J connectivity index is 0.000000151. The first-order valence-corrected chi connectivity index (χ1v) is 37.6. The van der Waals surface area contributed by atoms with Crippen LogP contribution in [-0.2, 0) is 0 Å². The summed E-state index contributed by atoms with van der Waals surface area (Å²) in [5, 5.41) is 6.95. The van der Waals surface area contributed by atoms with Gasteiger partial charge in [0.1, 0.15) is 0 Å². The minimum atomic E-state index is 0.628. The number of benzene rings is 14. The average Bonchev–Trinajstić information content (AvgIpc) is 0.737. The Bertz CT molecular complexity index is 6300. The van der Waals surface area contributed by atoms with Crippen molar-refractivity contribution in [3.05, 3.63) is 413 Å². The van der Waals surface area contributed by atoms with E-state index >= 15 is 0 Å². The lowest BCUT2D eigenvalue weighted by Crippen LogP contribution is -2.00. The van der Waals surface area contributed by atoms with Crippen LogP contribution in [0.5, 0.6) is 0 Å². The van der Waals surface area contributed by atoms with Crippen LogP contribution in [0, 0.1) is 0 Å². The predicted octanol–water partition coefficient (Wildman–Crippen LogP) is 26.5. The van der Waals surface area contributed by atoms with Gasteiger partial charge in [-0.2, -0.15) is 0 Å². The van der Waals surface area contributed by atoms with Crippen molar-refractivity contribution in [2.24, 2.45) is 0 Å². The maximum atomic E-state index is 5.49. The molecule has 0 atom stereocenters. The van der Waals surface area contributed by atoms with Crippen LogP contribution in [0.25, 0.3) is 201 Å². The van der Waals surface area contributed by atoms with Crippen LogP contribution in [0.2, 0.25) is 0 Å². The lowest BCUT2D eigenvalue weighted by molar-refractivity contribution is 1.07. The molecule has 0 aliphatic heterocycles. The Morgan fingerprint density at radius 3 is 0.821 bits per heavy atom. The molecule has 0 radical (unpaired) electrons. The second kappa shape index (κ2) is 30.3. The summed E-state index contributed by atoms with van der Waals surface area (Å²) in [6, 6.07) is 140. The standard InChI is InChI=1S/2C52H34N4/c1-5-17-35(18-6-1)43-29-15-31-45-47(43)46-32-16-30-44(49(46)53-48(45)36-19-7-2-8-20-36)41-27-13-25-39(33-41)40-26-14-28-42(34-40)52-55-50(37-21-9-3-10-22-37)54-51(56-52)38-23-11-4-12-24-38;1-3-15-35(16-4-1)42-23-13-25-44-50(42)45-26-14-24-43(52(45)56-51(44)36-17-5-2-6-18-36)40-22-12-20-38(32-40)37-19-11-21-39(31-37)41-33-48(46-27-7-9-29-53-46)55-49(34-41)47-28-8-10-30-54-47/h2*1-34H. The number of para-hydroxylation sites is 2. The molecular weight excluding hydrogens is 1360 g/mol. The second-order valence-electron chi connectivity index (χ2n) is 27.7. The fourth-order valence-corrected chi connectivity index (χ4v) is 15.3. The van der Waals surface area contributed by atoms with Crippen molar-refractivity contribution in [2.75, 3.05) is 0 Å². The molecule has 8 heteroatoms. The Labute approximate surface area is 649 Å². The number of pyridine rings is 5. The van der Waals surface area contributed by atoms with Gasteiger partial charge in [0.2, 0.25) is 0 Å². The molecule has 6 aromatic heterocycles. The number of aromatic nitrogens is 8. The Hall–Kier alpha value is -15.1. The largest absolute Gasteiger partial charge is 0.255 e. The summed E-state index contributed by atoms with van der Waals surface area (Å²) in [5.41, 5.74) is 27.8. The number of nitrogens with zero attached hydrogens (tertiary/aromatic N) is 8. The van der Waals surface area contributed by atoms with E-state index in [0.717, 1.165) is 150 Å². The molecule has 0 aliphatic rings. The summed E-state index contributed by atoms with van der Waals surface area (Å²) in [6.45, 7) is 0. The van der Waals surface area contributed by atoms with Gasteiger partial charge in [-0.1, -0.05) is 340 Å². The molecule has 0 saturated heterocycles. The van der Waals surface area contributed by atoms with Gasteiger partial charge in [-0.3, -0.25) is 9.97 Å². The zero-order valence-corrected chi connectivity index (χ0v) is 60.8. The maximum absolute atomic E-state index is 5.49. The first-order chi connectivity index (χ1) is 55.5. The van der Waals surface area contributed by atoms with Crippen molar-refractivity contribution in [3.63, 3.8) is 0 Å². The first-order valence-electron chi connectivity index (χ1n) is 37.6. The third kappa shape index (κ3) is 13.5. The van der Waals surface area contributed by atoms with E-state index in [4.69, 9.17) is 29.9 Å². The molecule has 0 N–H and O–H groups in total. The highest BCUT2D eigenvalue weighted by molar-refractivity contribution is 6.21. The normalized spacial score (nSPS) is 11.2. The van der Waals surface area contributed by atoms with Crippen LogP contribution in [-0.4, -0.2) is 39.9 Å². The molecule has 6 heterocycles. The third-order valence-electron chi connectivity index (χ3n) is 20.7. The lowest BCUT2D eigenvalue weighted by Gasteiger charge is -2.16. The minimum Gasteiger partial charge on any atom is -0.255 e. The summed E-state index contributed by atoms with van der Waals surface area (Å²) < 4.78 is 0. The van der Waals surface area contributed by atoms with Crippen LogP contribution in [0.1, 0.15) is 0 Å². The van der Waals surface area contributed by atoms with Gasteiger partial charge in [0.25, 0.3) is 0 Å². The Morgan fingerprint density at radius 1 is 0.152 bits per heavy atom. The quantitative estimate of drug-likeness (QED) is 0.0992.